The van der Waals surface area contributed by atoms with Crippen LogP contribution in [0.2, 0.25) is 5.02 Å². The number of para-hydroxylation sites is 1. The molecule has 0 aliphatic carbocycles. The Morgan fingerprint density at radius 3 is 2.83 bits per heavy atom. The van der Waals surface area contributed by atoms with Crippen LogP contribution in [0.15, 0.2) is 47.6 Å². The van der Waals surface area contributed by atoms with Crippen molar-refractivity contribution in [3.63, 3.8) is 0 Å². The topological polar surface area (TPSA) is 93.8 Å². The number of benzene rings is 2. The monoisotopic (exact) mass is 347 g/mol. The second-order valence-electron chi connectivity index (χ2n) is 4.81. The summed E-state index contributed by atoms with van der Waals surface area (Å²) in [5.41, 5.74) is 3.25. The van der Waals surface area contributed by atoms with Crippen LogP contribution in [0.3, 0.4) is 0 Å². The fourth-order valence-electron chi connectivity index (χ4n) is 1.89. The molecule has 0 heterocycles. The van der Waals surface area contributed by atoms with E-state index in [1.807, 2.05) is 6.92 Å². The summed E-state index contributed by atoms with van der Waals surface area (Å²) in [5.74, 6) is 0.0522. The predicted molar refractivity (Wildman–Crippen MR) is 90.5 cm³/mol. The fourth-order valence-corrected chi connectivity index (χ4v) is 2.11. The minimum Gasteiger partial charge on any atom is -0.483 e. The van der Waals surface area contributed by atoms with Gasteiger partial charge in [-0.05, 0) is 36.8 Å². The van der Waals surface area contributed by atoms with Gasteiger partial charge >= 0.3 is 0 Å². The van der Waals surface area contributed by atoms with Gasteiger partial charge in [0.15, 0.2) is 6.61 Å². The number of carbonyl (C=O) groups is 1. The van der Waals surface area contributed by atoms with E-state index in [1.54, 1.807) is 30.3 Å². The number of nitro benzene ring substituents is 1. The van der Waals surface area contributed by atoms with Gasteiger partial charge in [0.05, 0.1) is 16.7 Å². The van der Waals surface area contributed by atoms with Gasteiger partial charge in [0.1, 0.15) is 5.75 Å². The highest BCUT2D eigenvalue weighted by Crippen LogP contribution is 2.21. The SMILES string of the molecule is Cc1cc(Cl)ccc1OCC(=O)NN=Cc1ccccc1[N+](=O)[O-]. The highest BCUT2D eigenvalue weighted by molar-refractivity contribution is 6.30. The molecule has 124 valence electrons. The predicted octanol–water partition coefficient (Wildman–Crippen LogP) is 3.09. The molecule has 0 aromatic heterocycles. The van der Waals surface area contributed by atoms with E-state index in [9.17, 15) is 14.9 Å². The maximum absolute atomic E-state index is 11.7. The van der Waals surface area contributed by atoms with Crippen LogP contribution in [0, 0.1) is 17.0 Å². The highest BCUT2D eigenvalue weighted by atomic mass is 35.5. The van der Waals surface area contributed by atoms with Crippen LogP contribution >= 0.6 is 11.6 Å². The number of rotatable bonds is 6. The lowest BCUT2D eigenvalue weighted by molar-refractivity contribution is -0.385. The quantitative estimate of drug-likeness (QED) is 0.493. The number of hydrogen-bond donors (Lipinski definition) is 1. The molecule has 2 aromatic carbocycles. The number of carbonyl (C=O) groups excluding carboxylic acids is 1. The standard InChI is InChI=1S/C16H14ClN3O4/c1-11-8-13(17)6-7-15(11)24-10-16(21)19-18-9-12-4-2-3-5-14(12)20(22)23/h2-9H,10H2,1H3,(H,19,21). The van der Waals surface area contributed by atoms with Gasteiger partial charge in [0, 0.05) is 11.1 Å². The summed E-state index contributed by atoms with van der Waals surface area (Å²) in [6, 6.07) is 11.1. The average Bonchev–Trinajstić information content (AvgIpc) is 2.54. The third-order valence-corrected chi connectivity index (χ3v) is 3.26. The van der Waals surface area contributed by atoms with Gasteiger partial charge in [-0.25, -0.2) is 5.43 Å². The van der Waals surface area contributed by atoms with Crippen molar-refractivity contribution in [2.24, 2.45) is 5.10 Å². The van der Waals surface area contributed by atoms with Crippen molar-refractivity contribution in [3.05, 3.63) is 68.7 Å². The van der Waals surface area contributed by atoms with Gasteiger partial charge in [-0.15, -0.1) is 0 Å². The van der Waals surface area contributed by atoms with Crippen LogP contribution in [-0.4, -0.2) is 23.7 Å². The first kappa shape index (κ1) is 17.4. The first-order valence-corrected chi connectivity index (χ1v) is 7.29. The summed E-state index contributed by atoms with van der Waals surface area (Å²) in [6.45, 7) is 1.57. The van der Waals surface area contributed by atoms with Gasteiger partial charge < -0.3 is 4.74 Å². The third-order valence-electron chi connectivity index (χ3n) is 3.02. The number of hydrazone groups is 1. The molecule has 1 amide bonds. The minimum atomic E-state index is -0.518. The van der Waals surface area contributed by atoms with Gasteiger partial charge in [-0.1, -0.05) is 23.7 Å². The highest BCUT2D eigenvalue weighted by Gasteiger charge is 2.10. The minimum absolute atomic E-state index is 0.0939. The van der Waals surface area contributed by atoms with Gasteiger partial charge in [-0.2, -0.15) is 5.10 Å². The second kappa shape index (κ2) is 8.07. The van der Waals surface area contributed by atoms with Crippen molar-refractivity contribution in [1.82, 2.24) is 5.43 Å². The molecular weight excluding hydrogens is 334 g/mol. The van der Waals surface area contributed by atoms with Crippen molar-refractivity contribution in [2.75, 3.05) is 6.61 Å². The molecule has 1 N–H and O–H groups in total. The molecule has 8 heteroatoms. The lowest BCUT2D eigenvalue weighted by Gasteiger charge is -2.08. The Balaban J connectivity index is 1.90. The van der Waals surface area contributed by atoms with Gasteiger partial charge in [0.2, 0.25) is 0 Å². The molecule has 0 fully saturated rings. The van der Waals surface area contributed by atoms with Crippen molar-refractivity contribution in [2.45, 2.75) is 6.92 Å². The number of halogens is 1. The number of nitrogens with zero attached hydrogens (tertiary/aromatic N) is 2. The molecule has 0 aliphatic heterocycles. The van der Waals surface area contributed by atoms with Crippen LogP contribution in [0.5, 0.6) is 5.75 Å². The summed E-state index contributed by atoms with van der Waals surface area (Å²) < 4.78 is 5.37. The van der Waals surface area contributed by atoms with Gasteiger partial charge in [-0.3, -0.25) is 14.9 Å². The lowest BCUT2D eigenvalue weighted by atomic mass is 10.2. The molecule has 0 atom stereocenters. The zero-order valence-corrected chi connectivity index (χ0v) is 13.5. The Bertz CT molecular complexity index is 793. The summed E-state index contributed by atoms with van der Waals surface area (Å²) in [7, 11) is 0. The summed E-state index contributed by atoms with van der Waals surface area (Å²) in [4.78, 5) is 22.0. The van der Waals surface area contributed by atoms with E-state index in [-0.39, 0.29) is 17.9 Å². The van der Waals surface area contributed by atoms with E-state index < -0.39 is 10.8 Å². The lowest BCUT2D eigenvalue weighted by Crippen LogP contribution is -2.24. The van der Waals surface area contributed by atoms with E-state index >= 15 is 0 Å². The van der Waals surface area contributed by atoms with Crippen molar-refractivity contribution >= 4 is 29.4 Å². The Morgan fingerprint density at radius 2 is 2.12 bits per heavy atom. The zero-order chi connectivity index (χ0) is 17.5. The molecule has 2 rings (SSSR count). The molecule has 0 unspecified atom stereocenters. The van der Waals surface area contributed by atoms with Crippen LogP contribution in [0.1, 0.15) is 11.1 Å². The summed E-state index contributed by atoms with van der Waals surface area (Å²) in [5, 5.41) is 15.1. The fraction of sp³-hybridized carbons (Fsp3) is 0.125. The number of aryl methyl sites for hydroxylation is 1. The Labute approximate surface area is 143 Å². The largest absolute Gasteiger partial charge is 0.483 e. The molecule has 0 radical (unpaired) electrons. The molecule has 0 aliphatic rings. The molecule has 0 saturated carbocycles. The summed E-state index contributed by atoms with van der Waals surface area (Å²) >= 11 is 5.84. The van der Waals surface area contributed by atoms with Crippen LogP contribution in [-0.2, 0) is 4.79 Å². The van der Waals surface area contributed by atoms with E-state index in [2.05, 4.69) is 10.5 Å². The number of ether oxygens (including phenoxy) is 1. The van der Waals surface area contributed by atoms with Crippen molar-refractivity contribution in [3.8, 4) is 5.75 Å². The zero-order valence-electron chi connectivity index (χ0n) is 12.7. The maximum atomic E-state index is 11.7. The summed E-state index contributed by atoms with van der Waals surface area (Å²) in [6.07, 6.45) is 1.21. The van der Waals surface area contributed by atoms with E-state index in [0.717, 1.165) is 5.56 Å². The number of nitro groups is 1. The Morgan fingerprint density at radius 1 is 1.38 bits per heavy atom. The van der Waals surface area contributed by atoms with E-state index in [0.29, 0.717) is 10.8 Å². The first-order valence-electron chi connectivity index (χ1n) is 6.91. The second-order valence-corrected chi connectivity index (χ2v) is 5.24. The number of amides is 1. The first-order chi connectivity index (χ1) is 11.5. The smallest absolute Gasteiger partial charge is 0.278 e. The molecule has 0 spiro atoms. The number of hydrogen-bond acceptors (Lipinski definition) is 5. The van der Waals surface area contributed by atoms with E-state index in [1.165, 1.54) is 18.3 Å². The maximum Gasteiger partial charge on any atom is 0.278 e. The normalized spacial score (nSPS) is 10.6. The third kappa shape index (κ3) is 4.79. The van der Waals surface area contributed by atoms with Crippen LogP contribution in [0.4, 0.5) is 5.69 Å². The molecule has 2 aromatic rings. The molecule has 0 saturated heterocycles. The molecule has 7 nitrogen and oxygen atoms in total. The van der Waals surface area contributed by atoms with Crippen LogP contribution in [0.25, 0.3) is 0 Å². The van der Waals surface area contributed by atoms with E-state index in [4.69, 9.17) is 16.3 Å². The van der Waals surface area contributed by atoms with Crippen LogP contribution < -0.4 is 10.2 Å². The molecule has 24 heavy (non-hydrogen) atoms. The Hall–Kier alpha value is -2.93. The number of nitrogens with one attached hydrogen (secondary N) is 1. The van der Waals surface area contributed by atoms with Crippen molar-refractivity contribution < 1.29 is 14.5 Å². The Kier molecular flexibility index (Phi) is 5.86. The molecule has 0 bridgehead atoms. The van der Waals surface area contributed by atoms with Crippen molar-refractivity contribution in [1.29, 1.82) is 0 Å². The molecular formula is C16H14ClN3O4. The average molecular weight is 348 g/mol. The van der Waals surface area contributed by atoms with Gasteiger partial charge in [0.25, 0.3) is 11.6 Å².